The highest BCUT2D eigenvalue weighted by Gasteiger charge is 2.91. The molecule has 20 nitrogen and oxygen atoms in total. The van der Waals surface area contributed by atoms with Gasteiger partial charge in [0.05, 0.1) is 62.3 Å². The Morgan fingerprint density at radius 1 is 0.598 bits per heavy atom. The van der Waals surface area contributed by atoms with E-state index < -0.39 is 173 Å². The second-order valence-electron chi connectivity index (χ2n) is 27.5. The summed E-state index contributed by atoms with van der Waals surface area (Å²) in [6.45, 7) is 16.7. The van der Waals surface area contributed by atoms with Crippen LogP contribution < -0.4 is 0 Å². The number of methoxy groups -OCH3 is 2. The summed E-state index contributed by atoms with van der Waals surface area (Å²) in [7, 11) is 2.44. The summed E-state index contributed by atoms with van der Waals surface area (Å²) in [5.74, 6) is -12.2. The number of carbonyl (C=O) groups excluding carboxylic acids is 6. The molecule has 18 atom stereocenters. The number of aliphatic hydroxyl groups excluding tert-OH is 2. The van der Waals surface area contributed by atoms with Gasteiger partial charge in [-0.05, 0) is 85.5 Å². The van der Waals surface area contributed by atoms with Crippen molar-refractivity contribution >= 4 is 35.8 Å². The lowest BCUT2D eigenvalue weighted by atomic mass is 9.41. The number of hydrogen-bond acceptors (Lipinski definition) is 20. The minimum atomic E-state index is -2.83. The maximum atomic E-state index is 16.1. The van der Waals surface area contributed by atoms with E-state index >= 15 is 9.59 Å². The monoisotopic (exact) mass is 1140 g/mol. The van der Waals surface area contributed by atoms with Crippen molar-refractivity contribution in [2.45, 2.75) is 167 Å². The number of hydrogen-bond donors (Lipinski definition) is 6. The fourth-order valence-electron chi connectivity index (χ4n) is 19.6. The third kappa shape index (κ3) is 6.16. The minimum absolute atomic E-state index is 0.0148. The van der Waals surface area contributed by atoms with Crippen LogP contribution in [0.3, 0.4) is 0 Å². The largest absolute Gasteiger partial charge is 0.509 e. The van der Waals surface area contributed by atoms with Crippen molar-refractivity contribution in [3.63, 3.8) is 0 Å². The summed E-state index contributed by atoms with van der Waals surface area (Å²) in [5.41, 5.74) is -19.5. The summed E-state index contributed by atoms with van der Waals surface area (Å²) in [6, 6.07) is 3.21. The van der Waals surface area contributed by atoms with Crippen LogP contribution in [0.25, 0.3) is 0 Å². The maximum Gasteiger partial charge on any atom is 0.339 e. The second-order valence-corrected chi connectivity index (χ2v) is 27.5. The SMILES string of the molecule is COC(=O)C[C@H]1[C@]2(C)C[C@@]3(O)[C@]1(C)[C@H]1CC[C@]4(C)C(=C(C5=C6C7=C(O)[C@@]8(O)[C@@H](OC(=O)C(C)C)[C@@]9(C)C[C@@]8(O)[C@](C)([C@H]7CC[C@@]6(C)[C@H](c6ccoc6)OC5=O)[C@H]9CC(=O)OC)C(=O)O[C@H]4c4ccoc4)C1=C(O)[C@@]3(O)[C@H]2OC(=O)C(C)C. The minimum Gasteiger partial charge on any atom is -0.509 e. The van der Waals surface area contributed by atoms with Gasteiger partial charge >= 0.3 is 35.8 Å². The number of cyclic esters (lactones) is 2. The number of aliphatic hydroxyl groups is 6. The van der Waals surface area contributed by atoms with Crippen molar-refractivity contribution in [2.24, 2.45) is 68.0 Å². The number of fused-ring (bicyclic) bond motifs is 10. The average molecular weight is 1140 g/mol. The summed E-state index contributed by atoms with van der Waals surface area (Å²) in [5, 5.41) is 81.9. The Bertz CT molecular complexity index is 3090. The van der Waals surface area contributed by atoms with Crippen molar-refractivity contribution in [3.05, 3.63) is 93.3 Å². The molecule has 0 amide bonds. The van der Waals surface area contributed by atoms with Crippen molar-refractivity contribution in [3.8, 4) is 0 Å². The molecular weight excluding hydrogens is 1060 g/mol. The molecule has 4 heterocycles. The van der Waals surface area contributed by atoms with E-state index in [-0.39, 0.29) is 73.7 Å². The molecule has 2 aliphatic heterocycles. The van der Waals surface area contributed by atoms with Gasteiger partial charge in [-0.3, -0.25) is 19.2 Å². The maximum absolute atomic E-state index is 16.1. The first-order chi connectivity index (χ1) is 38.2. The highest BCUT2D eigenvalue weighted by molar-refractivity contribution is 6.11. The van der Waals surface area contributed by atoms with E-state index in [1.165, 1.54) is 39.3 Å². The van der Waals surface area contributed by atoms with Crippen LogP contribution in [0, 0.1) is 68.0 Å². The number of carbonyl (C=O) groups is 6. The molecule has 6 fully saturated rings. The van der Waals surface area contributed by atoms with Gasteiger partial charge in [-0.25, -0.2) is 9.59 Å². The summed E-state index contributed by atoms with van der Waals surface area (Å²) in [6.07, 6.45) is -0.934. The smallest absolute Gasteiger partial charge is 0.339 e. The van der Waals surface area contributed by atoms with Crippen LogP contribution in [0.5, 0.6) is 0 Å². The van der Waals surface area contributed by atoms with E-state index in [0.717, 1.165) is 0 Å². The fraction of sp³-hybridized carbons (Fsp3) is 0.645. The van der Waals surface area contributed by atoms with Crippen molar-refractivity contribution < 1.29 is 96.7 Å². The molecule has 20 heteroatoms. The number of rotatable bonds is 11. The van der Waals surface area contributed by atoms with Crippen molar-refractivity contribution in [1.29, 1.82) is 0 Å². The third-order valence-electron chi connectivity index (χ3n) is 23.3. The predicted octanol–water partition coefficient (Wildman–Crippen LogP) is 7.12. The molecule has 6 saturated carbocycles. The second kappa shape index (κ2) is 17.2. The zero-order valence-electron chi connectivity index (χ0n) is 48.3. The average Bonchev–Trinajstić information content (AvgIpc) is 1.43. The van der Waals surface area contributed by atoms with Gasteiger partial charge in [-0.1, -0.05) is 69.2 Å². The van der Waals surface area contributed by atoms with Crippen LogP contribution in [0.2, 0.25) is 0 Å². The zero-order valence-corrected chi connectivity index (χ0v) is 48.3. The molecule has 0 radical (unpaired) electrons. The van der Waals surface area contributed by atoms with Gasteiger partial charge in [0, 0.05) is 67.6 Å². The Morgan fingerprint density at radius 3 is 1.26 bits per heavy atom. The van der Waals surface area contributed by atoms with Crippen LogP contribution in [0.15, 0.2) is 91.0 Å². The summed E-state index contributed by atoms with van der Waals surface area (Å²) < 4.78 is 47.4. The van der Waals surface area contributed by atoms with Gasteiger partial charge in [0.1, 0.15) is 47.1 Å². The van der Waals surface area contributed by atoms with Crippen LogP contribution in [0.4, 0.5) is 0 Å². The molecule has 12 rings (SSSR count). The topological polar surface area (TPSA) is 305 Å². The first-order valence-corrected chi connectivity index (χ1v) is 28.5. The lowest BCUT2D eigenvalue weighted by molar-refractivity contribution is -0.279. The lowest BCUT2D eigenvalue weighted by Crippen LogP contribution is -2.75. The Morgan fingerprint density at radius 2 is 0.951 bits per heavy atom. The predicted molar refractivity (Wildman–Crippen MR) is 281 cm³/mol. The quantitative estimate of drug-likeness (QED) is 0.0963. The molecule has 4 bridgehead atoms. The van der Waals surface area contributed by atoms with E-state index in [2.05, 4.69) is 0 Å². The van der Waals surface area contributed by atoms with E-state index in [1.807, 2.05) is 0 Å². The fourth-order valence-corrected chi connectivity index (χ4v) is 19.6. The van der Waals surface area contributed by atoms with E-state index in [0.29, 0.717) is 11.1 Å². The zero-order chi connectivity index (χ0) is 59.6. The van der Waals surface area contributed by atoms with Gasteiger partial charge in [0.25, 0.3) is 0 Å². The van der Waals surface area contributed by atoms with Gasteiger partial charge < -0.3 is 67.9 Å². The molecule has 0 saturated heterocycles. The van der Waals surface area contributed by atoms with Crippen LogP contribution in [0.1, 0.15) is 144 Å². The van der Waals surface area contributed by atoms with Gasteiger partial charge in [-0.2, -0.15) is 0 Å². The Kier molecular flexibility index (Phi) is 11.8. The molecule has 8 aliphatic carbocycles. The molecule has 0 unspecified atom stereocenters. The Balaban J connectivity index is 1.22. The normalized spacial score (nSPS) is 44.7. The molecule has 82 heavy (non-hydrogen) atoms. The first kappa shape index (κ1) is 56.3. The molecular formula is C62H74O20. The molecule has 0 spiro atoms. The molecule has 10 aliphatic rings. The molecule has 0 aromatic carbocycles. The summed E-state index contributed by atoms with van der Waals surface area (Å²) >= 11 is 0. The van der Waals surface area contributed by atoms with Crippen LogP contribution >= 0.6 is 0 Å². The number of furan rings is 2. The van der Waals surface area contributed by atoms with Crippen molar-refractivity contribution in [2.75, 3.05) is 14.2 Å². The van der Waals surface area contributed by atoms with Gasteiger partial charge in [-0.15, -0.1) is 0 Å². The molecule has 6 N–H and O–H groups in total. The third-order valence-corrected chi connectivity index (χ3v) is 23.3. The van der Waals surface area contributed by atoms with E-state index in [4.69, 9.17) is 37.3 Å². The van der Waals surface area contributed by atoms with Gasteiger partial charge in [0.2, 0.25) is 0 Å². The first-order valence-electron chi connectivity index (χ1n) is 28.5. The lowest BCUT2D eigenvalue weighted by Gasteiger charge is -2.66. The standard InChI is InChI=1S/C62H74O20/c1-27(2)47(67)81-51-55(7)25-59(71)57(9,33(55)21-35(63)75-11)31-13-17-53(5)41(37(31)43(65)61(51,59)73)39(49(69)79-45(53)29-15-19-77-23-29)40-42-38-32(14-18-54(42,6)46(80-50(40)70)30-16-20-78-24-30)58(10)34(22-36(64)76-12)56(8)26-60(58,72)62(74,44(38)66)52(56)82-48(68)28(3)4/h15-16,19-20,23-24,27-28,31-34,45-46,51-52,65-66,71-74H,13-14,17-18,21-22,25-26H2,1-12H3/t31-,32-,33-,34-,45-,46-,51-,52-,53+,54+,55-,56-,57+,58+,59+,60+,61+,62+/m0/s1. The van der Waals surface area contributed by atoms with E-state index in [9.17, 15) is 49.8 Å². The highest BCUT2D eigenvalue weighted by Crippen LogP contribution is 2.83. The number of ether oxygens (including phenoxy) is 6. The van der Waals surface area contributed by atoms with E-state index in [1.54, 1.807) is 81.4 Å². The Hall–Kier alpha value is -6.22. The highest BCUT2D eigenvalue weighted by atomic mass is 16.6. The van der Waals surface area contributed by atoms with Crippen LogP contribution in [-0.4, -0.2) is 115 Å². The number of allylic oxidation sites excluding steroid dienone is 2. The number of esters is 6. The van der Waals surface area contributed by atoms with Crippen LogP contribution in [-0.2, 0) is 57.2 Å². The molecule has 442 valence electrons. The summed E-state index contributed by atoms with van der Waals surface area (Å²) in [4.78, 5) is 87.5. The van der Waals surface area contributed by atoms with Gasteiger partial charge in [0.15, 0.2) is 11.2 Å². The Labute approximate surface area is 473 Å². The van der Waals surface area contributed by atoms with Crippen molar-refractivity contribution in [1.82, 2.24) is 0 Å². The molecule has 2 aromatic heterocycles. The molecule has 2 aromatic rings.